The van der Waals surface area contributed by atoms with Crippen molar-refractivity contribution >= 4 is 11.8 Å². The van der Waals surface area contributed by atoms with Crippen LogP contribution in [0.2, 0.25) is 0 Å². The summed E-state index contributed by atoms with van der Waals surface area (Å²) in [4.78, 5) is 29.0. The Labute approximate surface area is 158 Å². The fraction of sp³-hybridized carbons (Fsp3) is 0.556. The molecule has 0 saturated carbocycles. The molecule has 0 aliphatic carbocycles. The Kier molecular flexibility index (Phi) is 5.90. The number of piperazine rings is 1. The van der Waals surface area contributed by atoms with Gasteiger partial charge >= 0.3 is 0 Å². The van der Waals surface area contributed by atoms with Crippen LogP contribution in [-0.4, -0.2) is 69.3 Å². The van der Waals surface area contributed by atoms with Crippen molar-refractivity contribution in [1.29, 1.82) is 0 Å². The molecule has 0 radical (unpaired) electrons. The van der Waals surface area contributed by atoms with Crippen LogP contribution in [0, 0.1) is 0 Å². The number of nitrogens with zero attached hydrogens (tertiary/aromatic N) is 5. The first-order valence-electron chi connectivity index (χ1n) is 9.27. The molecule has 146 valence electrons. The minimum absolute atomic E-state index is 0.136. The van der Waals surface area contributed by atoms with Gasteiger partial charge in [-0.3, -0.25) is 19.2 Å². The Hall–Kier alpha value is -2.68. The molecule has 0 aromatic carbocycles. The molecule has 1 aliphatic rings. The summed E-state index contributed by atoms with van der Waals surface area (Å²) < 4.78 is 6.91. The standard InChI is InChI=1S/C18H26N6O3/c1-4-13-10-14(27-21-13)11-19-17(25)16-12-23(9-8-22(16)3)18(26)15-6-7-24(5-2)20-15/h6-7,10,16H,4-5,8-9,11-12H2,1-3H3,(H,19,25)/t16-/m0/s1. The normalized spacial score (nSPS) is 17.9. The molecular weight excluding hydrogens is 348 g/mol. The molecule has 1 saturated heterocycles. The maximum Gasteiger partial charge on any atom is 0.274 e. The topological polar surface area (TPSA) is 96.5 Å². The molecule has 2 aromatic heterocycles. The van der Waals surface area contributed by atoms with Gasteiger partial charge in [-0.05, 0) is 26.5 Å². The number of carbonyl (C=O) groups is 2. The third-order valence-electron chi connectivity index (χ3n) is 4.83. The van der Waals surface area contributed by atoms with Crippen LogP contribution in [0.3, 0.4) is 0 Å². The average Bonchev–Trinajstić information content (AvgIpc) is 3.35. The fourth-order valence-corrected chi connectivity index (χ4v) is 3.05. The highest BCUT2D eigenvalue weighted by molar-refractivity contribution is 5.93. The Bertz CT molecular complexity index is 799. The van der Waals surface area contributed by atoms with Crippen LogP contribution in [0.25, 0.3) is 0 Å². The Morgan fingerprint density at radius 1 is 1.33 bits per heavy atom. The predicted molar refractivity (Wildman–Crippen MR) is 98.0 cm³/mol. The summed E-state index contributed by atoms with van der Waals surface area (Å²) in [5.41, 5.74) is 1.27. The van der Waals surface area contributed by atoms with Crippen molar-refractivity contribution in [2.24, 2.45) is 0 Å². The van der Waals surface area contributed by atoms with Gasteiger partial charge in [0.15, 0.2) is 5.76 Å². The van der Waals surface area contributed by atoms with E-state index in [2.05, 4.69) is 15.6 Å². The molecule has 9 nitrogen and oxygen atoms in total. The van der Waals surface area contributed by atoms with Gasteiger partial charge < -0.3 is 14.7 Å². The second-order valence-corrected chi connectivity index (χ2v) is 6.66. The highest BCUT2D eigenvalue weighted by Gasteiger charge is 2.33. The predicted octanol–water partition coefficient (Wildman–Crippen LogP) is 0.526. The molecular formula is C18H26N6O3. The summed E-state index contributed by atoms with van der Waals surface area (Å²) in [5, 5.41) is 11.1. The number of hydrogen-bond acceptors (Lipinski definition) is 6. The number of aryl methyl sites for hydroxylation is 2. The Morgan fingerprint density at radius 3 is 2.81 bits per heavy atom. The molecule has 2 aromatic rings. The fourth-order valence-electron chi connectivity index (χ4n) is 3.05. The Balaban J connectivity index is 1.60. The van der Waals surface area contributed by atoms with Crippen LogP contribution in [0.5, 0.6) is 0 Å². The van der Waals surface area contributed by atoms with E-state index in [-0.39, 0.29) is 18.4 Å². The number of hydrogen-bond donors (Lipinski definition) is 1. The van der Waals surface area contributed by atoms with Gasteiger partial charge in [0.2, 0.25) is 5.91 Å². The van der Waals surface area contributed by atoms with Crippen molar-refractivity contribution in [3.8, 4) is 0 Å². The minimum Gasteiger partial charge on any atom is -0.359 e. The zero-order chi connectivity index (χ0) is 19.4. The van der Waals surface area contributed by atoms with Gasteiger partial charge in [0.1, 0.15) is 11.7 Å². The number of nitrogens with one attached hydrogen (secondary N) is 1. The number of likely N-dealkylation sites (N-methyl/N-ethyl adjacent to an activating group) is 1. The van der Waals surface area contributed by atoms with Crippen LogP contribution in [0.1, 0.15) is 35.8 Å². The molecule has 1 aliphatic heterocycles. The van der Waals surface area contributed by atoms with Crippen molar-refractivity contribution < 1.29 is 14.1 Å². The monoisotopic (exact) mass is 374 g/mol. The summed E-state index contributed by atoms with van der Waals surface area (Å²) in [6.45, 7) is 6.48. The quantitative estimate of drug-likeness (QED) is 0.792. The maximum atomic E-state index is 12.7. The smallest absolute Gasteiger partial charge is 0.274 e. The third-order valence-corrected chi connectivity index (χ3v) is 4.83. The highest BCUT2D eigenvalue weighted by Crippen LogP contribution is 2.12. The maximum absolute atomic E-state index is 12.7. The van der Waals surface area contributed by atoms with Gasteiger partial charge in [-0.2, -0.15) is 5.10 Å². The first-order valence-corrected chi connectivity index (χ1v) is 9.27. The average molecular weight is 374 g/mol. The molecule has 27 heavy (non-hydrogen) atoms. The summed E-state index contributed by atoms with van der Waals surface area (Å²) in [7, 11) is 1.89. The van der Waals surface area contributed by atoms with Gasteiger partial charge in [0, 0.05) is 38.4 Å². The van der Waals surface area contributed by atoms with Crippen molar-refractivity contribution in [3.63, 3.8) is 0 Å². The number of rotatable bonds is 6. The summed E-state index contributed by atoms with van der Waals surface area (Å²) in [6, 6.07) is 3.14. The molecule has 9 heteroatoms. The zero-order valence-corrected chi connectivity index (χ0v) is 16.0. The minimum atomic E-state index is -0.412. The Morgan fingerprint density at radius 2 is 2.15 bits per heavy atom. The lowest BCUT2D eigenvalue weighted by Crippen LogP contribution is -2.58. The number of amides is 2. The van der Waals surface area contributed by atoms with Gasteiger partial charge in [-0.25, -0.2) is 0 Å². The molecule has 3 heterocycles. The lowest BCUT2D eigenvalue weighted by molar-refractivity contribution is -0.127. The highest BCUT2D eigenvalue weighted by atomic mass is 16.5. The van der Waals surface area contributed by atoms with Crippen LogP contribution < -0.4 is 5.32 Å². The lowest BCUT2D eigenvalue weighted by Gasteiger charge is -2.38. The summed E-state index contributed by atoms with van der Waals surface area (Å²) in [5.74, 6) is 0.344. The summed E-state index contributed by atoms with van der Waals surface area (Å²) >= 11 is 0. The van der Waals surface area contributed by atoms with E-state index in [1.165, 1.54) is 0 Å². The van der Waals surface area contributed by atoms with E-state index in [0.29, 0.717) is 37.6 Å². The van der Waals surface area contributed by atoms with Crippen LogP contribution in [0.4, 0.5) is 0 Å². The van der Waals surface area contributed by atoms with Crippen LogP contribution >= 0.6 is 0 Å². The third kappa shape index (κ3) is 4.36. The van der Waals surface area contributed by atoms with E-state index in [9.17, 15) is 9.59 Å². The van der Waals surface area contributed by atoms with E-state index in [1.54, 1.807) is 21.8 Å². The van der Waals surface area contributed by atoms with E-state index in [4.69, 9.17) is 4.52 Å². The lowest BCUT2D eigenvalue weighted by atomic mass is 10.1. The number of carbonyl (C=O) groups excluding carboxylic acids is 2. The van der Waals surface area contributed by atoms with Gasteiger partial charge in [0.25, 0.3) is 5.91 Å². The molecule has 0 spiro atoms. The van der Waals surface area contributed by atoms with E-state index >= 15 is 0 Å². The van der Waals surface area contributed by atoms with Crippen molar-refractivity contribution in [3.05, 3.63) is 35.5 Å². The molecule has 2 amide bonds. The van der Waals surface area contributed by atoms with Crippen molar-refractivity contribution in [2.45, 2.75) is 39.4 Å². The summed E-state index contributed by atoms with van der Waals surface area (Å²) in [6.07, 6.45) is 2.57. The van der Waals surface area contributed by atoms with Crippen LogP contribution in [0.15, 0.2) is 22.9 Å². The second kappa shape index (κ2) is 8.34. The molecule has 1 atom stereocenters. The largest absolute Gasteiger partial charge is 0.359 e. The van der Waals surface area contributed by atoms with E-state index in [1.807, 2.05) is 31.9 Å². The van der Waals surface area contributed by atoms with Crippen LogP contribution in [-0.2, 0) is 24.3 Å². The molecule has 0 unspecified atom stereocenters. The zero-order valence-electron chi connectivity index (χ0n) is 16.0. The SMILES string of the molecule is CCc1cc(CNC(=O)[C@@H]2CN(C(=O)c3ccn(CC)n3)CCN2C)on1. The van der Waals surface area contributed by atoms with E-state index in [0.717, 1.165) is 12.1 Å². The van der Waals surface area contributed by atoms with Crippen molar-refractivity contribution in [1.82, 2.24) is 30.1 Å². The first-order chi connectivity index (χ1) is 13.0. The first kappa shape index (κ1) is 19.1. The second-order valence-electron chi connectivity index (χ2n) is 6.66. The molecule has 0 bridgehead atoms. The molecule has 3 rings (SSSR count). The molecule has 1 fully saturated rings. The van der Waals surface area contributed by atoms with E-state index < -0.39 is 6.04 Å². The molecule has 1 N–H and O–H groups in total. The van der Waals surface area contributed by atoms with Crippen molar-refractivity contribution in [2.75, 3.05) is 26.7 Å². The van der Waals surface area contributed by atoms with Gasteiger partial charge in [-0.15, -0.1) is 0 Å². The van der Waals surface area contributed by atoms with Gasteiger partial charge in [-0.1, -0.05) is 12.1 Å². The van der Waals surface area contributed by atoms with Gasteiger partial charge in [0.05, 0.1) is 12.2 Å². The number of aromatic nitrogens is 3.